The summed E-state index contributed by atoms with van der Waals surface area (Å²) in [6.45, 7) is 0. The van der Waals surface area contributed by atoms with Gasteiger partial charge >= 0.3 is 0 Å². The van der Waals surface area contributed by atoms with E-state index in [2.05, 4.69) is 194 Å². The van der Waals surface area contributed by atoms with E-state index in [-0.39, 0.29) is 0 Å². The summed E-state index contributed by atoms with van der Waals surface area (Å²) in [5.41, 5.74) is 17.1. The van der Waals surface area contributed by atoms with Gasteiger partial charge in [0.25, 0.3) is 0 Å². The van der Waals surface area contributed by atoms with Gasteiger partial charge in [0.15, 0.2) is 17.5 Å². The highest BCUT2D eigenvalue weighted by molar-refractivity contribution is 6.06. The third kappa shape index (κ3) is 5.03. The highest BCUT2D eigenvalue weighted by atomic mass is 15.0. The summed E-state index contributed by atoms with van der Waals surface area (Å²) >= 11 is 0. The molecule has 10 aromatic rings. The summed E-state index contributed by atoms with van der Waals surface area (Å²) in [7, 11) is 0. The SMILES string of the molecule is c1ccc(-c2cccc(-c3nc(-c4cccc(-c5ccccc5)c4)nc(-c4nc5ccccc5c5c4-c4ccccc4C54c5ccccc5-c5ccccc54)n3)c2)cc1. The number of fused-ring (bicyclic) bond motifs is 12. The van der Waals surface area contributed by atoms with E-state index in [4.69, 9.17) is 19.9 Å². The number of pyridine rings is 1. The summed E-state index contributed by atoms with van der Waals surface area (Å²) in [4.78, 5) is 21.6. The Kier molecular flexibility index (Phi) is 7.41. The lowest BCUT2D eigenvalue weighted by Gasteiger charge is -2.31. The van der Waals surface area contributed by atoms with E-state index in [0.29, 0.717) is 17.5 Å². The monoisotopic (exact) mass is 750 g/mol. The number of rotatable bonds is 5. The van der Waals surface area contributed by atoms with Crippen LogP contribution in [-0.2, 0) is 5.41 Å². The maximum absolute atomic E-state index is 5.53. The molecule has 12 rings (SSSR count). The predicted octanol–water partition coefficient (Wildman–Crippen LogP) is 13.1. The molecule has 0 saturated carbocycles. The smallest absolute Gasteiger partial charge is 0.183 e. The van der Waals surface area contributed by atoms with Gasteiger partial charge in [0, 0.05) is 22.1 Å². The molecule has 0 unspecified atom stereocenters. The van der Waals surface area contributed by atoms with Crippen molar-refractivity contribution < 1.29 is 0 Å². The van der Waals surface area contributed by atoms with E-state index >= 15 is 0 Å². The molecule has 0 amide bonds. The molecule has 0 fully saturated rings. The van der Waals surface area contributed by atoms with E-state index in [9.17, 15) is 0 Å². The fourth-order valence-electron chi connectivity index (χ4n) is 9.66. The first-order chi connectivity index (χ1) is 29.3. The fraction of sp³-hybridized carbons (Fsp3) is 0.0182. The normalized spacial score (nSPS) is 12.9. The van der Waals surface area contributed by atoms with Crippen LogP contribution in [0.2, 0.25) is 0 Å². The highest BCUT2D eigenvalue weighted by Crippen LogP contribution is 2.65. The number of para-hydroxylation sites is 1. The Balaban J connectivity index is 1.17. The Hall–Kier alpha value is -7.82. The van der Waals surface area contributed by atoms with Crippen LogP contribution in [0, 0.1) is 0 Å². The largest absolute Gasteiger partial charge is 0.244 e. The molecule has 0 bridgehead atoms. The van der Waals surface area contributed by atoms with Crippen LogP contribution in [0.5, 0.6) is 0 Å². The first kappa shape index (κ1) is 33.3. The van der Waals surface area contributed by atoms with Gasteiger partial charge in [-0.05, 0) is 79.4 Å². The van der Waals surface area contributed by atoms with E-state index in [1.807, 2.05) is 12.1 Å². The van der Waals surface area contributed by atoms with E-state index < -0.39 is 5.41 Å². The molecule has 274 valence electrons. The maximum Gasteiger partial charge on any atom is 0.183 e. The molecule has 2 heterocycles. The molecular weight excluding hydrogens is 717 g/mol. The van der Waals surface area contributed by atoms with Crippen molar-refractivity contribution >= 4 is 10.9 Å². The van der Waals surface area contributed by atoms with Crippen LogP contribution in [0.15, 0.2) is 206 Å². The minimum absolute atomic E-state index is 0.536. The molecule has 2 aromatic heterocycles. The number of hydrogen-bond donors (Lipinski definition) is 0. The number of aromatic nitrogens is 4. The van der Waals surface area contributed by atoms with Crippen molar-refractivity contribution in [3.05, 3.63) is 229 Å². The van der Waals surface area contributed by atoms with E-state index in [1.165, 1.54) is 33.4 Å². The predicted molar refractivity (Wildman–Crippen MR) is 239 cm³/mol. The van der Waals surface area contributed by atoms with Gasteiger partial charge in [-0.2, -0.15) is 0 Å². The van der Waals surface area contributed by atoms with Crippen LogP contribution in [-0.4, -0.2) is 19.9 Å². The lowest BCUT2D eigenvalue weighted by molar-refractivity contribution is 0.800. The topological polar surface area (TPSA) is 51.6 Å². The van der Waals surface area contributed by atoms with Gasteiger partial charge in [0.1, 0.15) is 5.69 Å². The zero-order valence-corrected chi connectivity index (χ0v) is 31.9. The fourth-order valence-corrected chi connectivity index (χ4v) is 9.66. The quantitative estimate of drug-likeness (QED) is 0.176. The molecule has 4 heteroatoms. The third-order valence-electron chi connectivity index (χ3n) is 12.1. The number of nitrogens with zero attached hydrogens (tertiary/aromatic N) is 4. The van der Waals surface area contributed by atoms with Crippen molar-refractivity contribution in [1.82, 2.24) is 19.9 Å². The first-order valence-electron chi connectivity index (χ1n) is 20.1. The standard InChI is InChI=1S/C55H34N4/c1-3-17-35(18-4-1)37-21-15-23-39(33-37)52-57-53(40-24-16-22-38(34-40)36-19-5-2-6-20-36)59-54(58-52)51-49-43-27-9-13-31-47(43)55(50(49)44-28-10-14-32-48(44)56-51)45-29-11-7-25-41(45)42-26-8-12-30-46(42)55/h1-34H. The molecule has 0 aliphatic heterocycles. The van der Waals surface area contributed by atoms with E-state index in [1.54, 1.807) is 0 Å². The lowest BCUT2D eigenvalue weighted by Crippen LogP contribution is -2.26. The Morgan fingerprint density at radius 1 is 0.305 bits per heavy atom. The second kappa shape index (κ2) is 13.1. The van der Waals surface area contributed by atoms with Gasteiger partial charge in [0.2, 0.25) is 0 Å². The van der Waals surface area contributed by atoms with Crippen LogP contribution in [0.3, 0.4) is 0 Å². The van der Waals surface area contributed by atoms with Gasteiger partial charge in [-0.25, -0.2) is 19.9 Å². The molecule has 8 aromatic carbocycles. The molecule has 0 saturated heterocycles. The Bertz CT molecular complexity index is 3130. The summed E-state index contributed by atoms with van der Waals surface area (Å²) in [6.07, 6.45) is 0. The van der Waals surface area contributed by atoms with Crippen molar-refractivity contribution in [3.8, 4) is 78.8 Å². The average Bonchev–Trinajstić information content (AvgIpc) is 3.80. The van der Waals surface area contributed by atoms with Crippen molar-refractivity contribution in [2.45, 2.75) is 5.41 Å². The van der Waals surface area contributed by atoms with Gasteiger partial charge in [-0.15, -0.1) is 0 Å². The van der Waals surface area contributed by atoms with Crippen LogP contribution >= 0.6 is 0 Å². The zero-order chi connectivity index (χ0) is 38.9. The highest BCUT2D eigenvalue weighted by Gasteiger charge is 2.53. The molecule has 4 nitrogen and oxygen atoms in total. The second-order valence-corrected chi connectivity index (χ2v) is 15.3. The molecule has 2 aliphatic rings. The summed E-state index contributed by atoms with van der Waals surface area (Å²) in [5.74, 6) is 1.72. The van der Waals surface area contributed by atoms with Crippen molar-refractivity contribution in [2.24, 2.45) is 0 Å². The van der Waals surface area contributed by atoms with Gasteiger partial charge in [-0.1, -0.05) is 188 Å². The summed E-state index contributed by atoms with van der Waals surface area (Å²) in [6, 6.07) is 73.1. The van der Waals surface area contributed by atoms with Gasteiger partial charge in [0.05, 0.1) is 10.9 Å². The number of hydrogen-bond acceptors (Lipinski definition) is 4. The summed E-state index contributed by atoms with van der Waals surface area (Å²) < 4.78 is 0. The molecule has 0 atom stereocenters. The third-order valence-corrected chi connectivity index (χ3v) is 12.1. The van der Waals surface area contributed by atoms with Crippen LogP contribution in [0.25, 0.3) is 89.7 Å². The van der Waals surface area contributed by atoms with Crippen LogP contribution in [0.1, 0.15) is 22.3 Å². The Morgan fingerprint density at radius 3 is 1.31 bits per heavy atom. The average molecular weight is 751 g/mol. The zero-order valence-electron chi connectivity index (χ0n) is 31.9. The Labute approximate surface area is 342 Å². The molecular formula is C55H34N4. The Morgan fingerprint density at radius 2 is 0.729 bits per heavy atom. The first-order valence-corrected chi connectivity index (χ1v) is 20.1. The number of benzene rings is 8. The van der Waals surface area contributed by atoms with Crippen molar-refractivity contribution in [3.63, 3.8) is 0 Å². The van der Waals surface area contributed by atoms with Gasteiger partial charge in [-0.3, -0.25) is 0 Å². The van der Waals surface area contributed by atoms with Crippen LogP contribution < -0.4 is 0 Å². The molecule has 59 heavy (non-hydrogen) atoms. The van der Waals surface area contributed by atoms with Crippen molar-refractivity contribution in [2.75, 3.05) is 0 Å². The lowest BCUT2D eigenvalue weighted by atomic mass is 9.69. The van der Waals surface area contributed by atoms with Crippen molar-refractivity contribution in [1.29, 1.82) is 0 Å². The molecule has 1 spiro atoms. The summed E-state index contributed by atoms with van der Waals surface area (Å²) in [5, 5.41) is 1.12. The molecule has 0 N–H and O–H groups in total. The van der Waals surface area contributed by atoms with Gasteiger partial charge < -0.3 is 0 Å². The minimum atomic E-state index is -0.566. The second-order valence-electron chi connectivity index (χ2n) is 15.3. The van der Waals surface area contributed by atoms with Crippen LogP contribution in [0.4, 0.5) is 0 Å². The maximum atomic E-state index is 5.53. The molecule has 2 aliphatic carbocycles. The molecule has 0 radical (unpaired) electrons. The minimum Gasteiger partial charge on any atom is -0.244 e. The van der Waals surface area contributed by atoms with E-state index in [0.717, 1.165) is 61.1 Å².